The van der Waals surface area contributed by atoms with Gasteiger partial charge in [-0.3, -0.25) is 4.57 Å². The molecule has 0 fully saturated rings. The van der Waals surface area contributed by atoms with Crippen molar-refractivity contribution in [2.75, 3.05) is 0 Å². The molecule has 11 aromatic rings. The summed E-state index contributed by atoms with van der Waals surface area (Å²) < 4.78 is 4.53. The van der Waals surface area contributed by atoms with E-state index in [0.29, 0.717) is 23.3 Å². The van der Waals surface area contributed by atoms with Gasteiger partial charge < -0.3 is 4.57 Å². The van der Waals surface area contributed by atoms with Gasteiger partial charge in [0.2, 0.25) is 5.95 Å². The van der Waals surface area contributed by atoms with Gasteiger partial charge >= 0.3 is 0 Å². The summed E-state index contributed by atoms with van der Waals surface area (Å²) in [6, 6.07) is 67.2. The first-order valence-corrected chi connectivity index (χ1v) is 19.2. The zero-order valence-corrected chi connectivity index (χ0v) is 31.2. The number of para-hydroxylation sites is 3. The lowest BCUT2D eigenvalue weighted by atomic mass is 10.0. The maximum atomic E-state index is 7.31. The number of benzene rings is 8. The molecule has 0 spiro atoms. The monoisotopic (exact) mass is 740 g/mol. The van der Waals surface area contributed by atoms with E-state index >= 15 is 0 Å². The van der Waals surface area contributed by atoms with Gasteiger partial charge in [-0.15, -0.1) is 0 Å². The maximum absolute atomic E-state index is 7.31. The highest BCUT2D eigenvalue weighted by atomic mass is 15.2. The highest BCUT2D eigenvalue weighted by molar-refractivity contribution is 6.12. The highest BCUT2D eigenvalue weighted by Gasteiger charge is 2.19. The predicted octanol–water partition coefficient (Wildman–Crippen LogP) is 13.3. The Kier molecular flexibility index (Phi) is 7.76. The molecular formula is C52H32N6. The molecule has 0 unspecified atom stereocenters. The Morgan fingerprint density at radius 3 is 1.52 bits per heavy atom. The summed E-state index contributed by atoms with van der Waals surface area (Å²) in [5, 5.41) is 4.68. The van der Waals surface area contributed by atoms with E-state index in [9.17, 15) is 0 Å². The van der Waals surface area contributed by atoms with Gasteiger partial charge in [0, 0.05) is 38.4 Å². The van der Waals surface area contributed by atoms with E-state index in [-0.39, 0.29) is 0 Å². The number of aromatic nitrogens is 5. The van der Waals surface area contributed by atoms with E-state index in [4.69, 9.17) is 21.5 Å². The molecule has 270 valence electrons. The second-order valence-corrected chi connectivity index (χ2v) is 14.4. The minimum atomic E-state index is 0.549. The molecule has 0 saturated carbocycles. The molecule has 0 saturated heterocycles. The summed E-state index contributed by atoms with van der Waals surface area (Å²) in [6.45, 7) is 7.31. The van der Waals surface area contributed by atoms with Gasteiger partial charge in [0.25, 0.3) is 0 Å². The molecule has 11 rings (SSSR count). The van der Waals surface area contributed by atoms with Crippen LogP contribution in [0.2, 0.25) is 0 Å². The van der Waals surface area contributed by atoms with Crippen molar-refractivity contribution in [1.82, 2.24) is 24.1 Å². The van der Waals surface area contributed by atoms with Crippen LogP contribution in [-0.2, 0) is 0 Å². The lowest BCUT2D eigenvalue weighted by molar-refractivity contribution is 0.953. The fourth-order valence-corrected chi connectivity index (χ4v) is 8.22. The van der Waals surface area contributed by atoms with Crippen LogP contribution in [0.3, 0.4) is 0 Å². The molecule has 3 heterocycles. The van der Waals surface area contributed by atoms with Crippen LogP contribution in [0.25, 0.3) is 105 Å². The largest absolute Gasteiger partial charge is 0.309 e. The summed E-state index contributed by atoms with van der Waals surface area (Å²) >= 11 is 0. The number of fused-ring (bicyclic) bond motifs is 6. The summed E-state index contributed by atoms with van der Waals surface area (Å²) in [5.74, 6) is 1.73. The van der Waals surface area contributed by atoms with Crippen molar-refractivity contribution < 1.29 is 0 Å². The van der Waals surface area contributed by atoms with E-state index in [2.05, 4.69) is 154 Å². The molecule has 0 bridgehead atoms. The van der Waals surface area contributed by atoms with Crippen molar-refractivity contribution in [1.29, 1.82) is 0 Å². The number of nitrogens with zero attached hydrogens (tertiary/aromatic N) is 6. The Bertz CT molecular complexity index is 3370. The quantitative estimate of drug-likeness (QED) is 0.160. The van der Waals surface area contributed by atoms with Crippen molar-refractivity contribution >= 4 is 49.3 Å². The minimum Gasteiger partial charge on any atom is -0.309 e. The van der Waals surface area contributed by atoms with Gasteiger partial charge in [-0.1, -0.05) is 152 Å². The first-order chi connectivity index (χ1) is 28.7. The van der Waals surface area contributed by atoms with Crippen LogP contribution in [-0.4, -0.2) is 24.1 Å². The molecule has 3 aromatic heterocycles. The molecule has 0 radical (unpaired) electrons. The van der Waals surface area contributed by atoms with E-state index < -0.39 is 0 Å². The average molecular weight is 741 g/mol. The molecule has 6 nitrogen and oxygen atoms in total. The van der Waals surface area contributed by atoms with Crippen molar-refractivity contribution in [2.24, 2.45) is 0 Å². The predicted molar refractivity (Wildman–Crippen MR) is 237 cm³/mol. The lowest BCUT2D eigenvalue weighted by Crippen LogP contribution is -2.06. The lowest BCUT2D eigenvalue weighted by Gasteiger charge is -2.12. The fourth-order valence-electron chi connectivity index (χ4n) is 8.22. The van der Waals surface area contributed by atoms with Crippen LogP contribution in [0.1, 0.15) is 0 Å². The van der Waals surface area contributed by atoms with Gasteiger partial charge in [-0.05, 0) is 64.7 Å². The second-order valence-electron chi connectivity index (χ2n) is 14.4. The molecule has 58 heavy (non-hydrogen) atoms. The molecule has 0 N–H and O–H groups in total. The molecule has 6 heteroatoms. The molecule has 8 aromatic carbocycles. The summed E-state index contributed by atoms with van der Waals surface area (Å²) in [6.07, 6.45) is 0. The van der Waals surface area contributed by atoms with Crippen LogP contribution in [0, 0.1) is 6.57 Å². The Hall–Kier alpha value is -8.14. The number of hydrogen-bond acceptors (Lipinski definition) is 3. The fraction of sp³-hybridized carbons (Fsp3) is 0. The third-order valence-corrected chi connectivity index (χ3v) is 11.0. The van der Waals surface area contributed by atoms with E-state index in [1.807, 2.05) is 54.6 Å². The Morgan fingerprint density at radius 2 is 0.828 bits per heavy atom. The molecule has 0 aliphatic rings. The average Bonchev–Trinajstić information content (AvgIpc) is 3.82. The van der Waals surface area contributed by atoms with Gasteiger partial charge in [-0.2, -0.15) is 9.97 Å². The van der Waals surface area contributed by atoms with E-state index in [1.165, 1.54) is 21.8 Å². The third-order valence-electron chi connectivity index (χ3n) is 11.0. The Balaban J connectivity index is 1.09. The van der Waals surface area contributed by atoms with Gasteiger partial charge in [0.15, 0.2) is 17.3 Å². The smallest absolute Gasteiger partial charge is 0.238 e. The maximum Gasteiger partial charge on any atom is 0.238 e. The molecule has 0 atom stereocenters. The number of rotatable bonds is 6. The van der Waals surface area contributed by atoms with Gasteiger partial charge in [0.1, 0.15) is 0 Å². The Morgan fingerprint density at radius 1 is 0.345 bits per heavy atom. The van der Waals surface area contributed by atoms with Crippen LogP contribution >= 0.6 is 0 Å². The zero-order valence-electron chi connectivity index (χ0n) is 31.2. The van der Waals surface area contributed by atoms with Gasteiger partial charge in [0.05, 0.1) is 28.6 Å². The molecule has 0 amide bonds. The van der Waals surface area contributed by atoms with Crippen LogP contribution in [0.5, 0.6) is 0 Å². The summed E-state index contributed by atoms with van der Waals surface area (Å²) in [5.41, 5.74) is 12.3. The Labute approximate surface area is 334 Å². The van der Waals surface area contributed by atoms with Crippen molar-refractivity contribution in [3.63, 3.8) is 0 Å². The topological polar surface area (TPSA) is 52.9 Å². The summed E-state index contributed by atoms with van der Waals surface area (Å²) in [4.78, 5) is 19.0. The third kappa shape index (κ3) is 5.53. The first kappa shape index (κ1) is 33.2. The van der Waals surface area contributed by atoms with E-state index in [1.54, 1.807) is 0 Å². The zero-order chi connectivity index (χ0) is 38.6. The van der Waals surface area contributed by atoms with Crippen LogP contribution < -0.4 is 0 Å². The van der Waals surface area contributed by atoms with Crippen LogP contribution in [0.4, 0.5) is 5.69 Å². The first-order valence-electron chi connectivity index (χ1n) is 19.2. The second kappa shape index (κ2) is 13.6. The normalized spacial score (nSPS) is 11.4. The van der Waals surface area contributed by atoms with Crippen molar-refractivity contribution in [3.8, 4) is 56.7 Å². The molecular weight excluding hydrogens is 709 g/mol. The van der Waals surface area contributed by atoms with Gasteiger partial charge in [-0.25, -0.2) is 9.83 Å². The SMILES string of the molecule is [C-]#[N+]c1ccc(-c2ccc(-c3nc(-c4ccccc4)nc(-n4c5ccccc5c5ccc(-c6ccc7c(c6)c6ccccc6n7-c6ccccc6)cc54)n3)cc2)cc1. The van der Waals surface area contributed by atoms with E-state index in [0.717, 1.165) is 60.9 Å². The van der Waals surface area contributed by atoms with Crippen molar-refractivity contribution in [3.05, 3.63) is 206 Å². The molecule has 0 aliphatic heterocycles. The molecule has 0 aliphatic carbocycles. The van der Waals surface area contributed by atoms with Crippen molar-refractivity contribution in [2.45, 2.75) is 0 Å². The van der Waals surface area contributed by atoms with Crippen LogP contribution in [0.15, 0.2) is 194 Å². The highest BCUT2D eigenvalue weighted by Crippen LogP contribution is 2.38. The standard InChI is InChI=1S/C52H32N6/c1-53-40-28-24-35(25-29-40)34-20-22-37(23-21-34)51-54-50(36-12-4-2-5-13-36)55-52(56-51)58-47-19-11-8-16-42(47)44-30-26-39(33-49(44)58)38-27-31-48-45(32-38)43-17-9-10-18-46(43)57(48)41-14-6-3-7-15-41/h2-33H. The minimum absolute atomic E-state index is 0.549. The summed E-state index contributed by atoms with van der Waals surface area (Å²) in [7, 11) is 0. The number of hydrogen-bond donors (Lipinski definition) is 0.